The molecule has 0 saturated carbocycles. The molecule has 0 amide bonds. The second kappa shape index (κ2) is 5.25. The van der Waals surface area contributed by atoms with E-state index in [2.05, 4.69) is 22.1 Å². The molecule has 3 nitrogen and oxygen atoms in total. The molecule has 3 N–H and O–H groups in total. The van der Waals surface area contributed by atoms with E-state index in [0.717, 1.165) is 24.1 Å². The Bertz CT molecular complexity index is 361. The van der Waals surface area contributed by atoms with Gasteiger partial charge in [-0.05, 0) is 25.6 Å². The van der Waals surface area contributed by atoms with E-state index in [9.17, 15) is 0 Å². The van der Waals surface area contributed by atoms with Gasteiger partial charge in [-0.2, -0.15) is 0 Å². The molecule has 1 rings (SSSR count). The molecule has 74 valence electrons. The number of nitrogens with zero attached hydrogens (tertiary/aromatic N) is 1. The first-order valence-electron chi connectivity index (χ1n) is 4.59. The number of aryl methyl sites for hydroxylation is 1. The van der Waals surface area contributed by atoms with Crippen LogP contribution in [0.2, 0.25) is 0 Å². The molecule has 0 bridgehead atoms. The van der Waals surface area contributed by atoms with Crippen LogP contribution in [0.5, 0.6) is 0 Å². The van der Waals surface area contributed by atoms with Gasteiger partial charge in [-0.15, -0.1) is 0 Å². The average molecular weight is 189 g/mol. The minimum Gasteiger partial charge on any atom is -0.384 e. The van der Waals surface area contributed by atoms with E-state index in [0.29, 0.717) is 5.82 Å². The number of hydrogen-bond donors (Lipinski definition) is 2. The molecular weight excluding hydrogens is 174 g/mol. The van der Waals surface area contributed by atoms with Crippen molar-refractivity contribution in [2.24, 2.45) is 0 Å². The number of rotatable bonds is 2. The summed E-state index contributed by atoms with van der Waals surface area (Å²) in [6, 6.07) is 1.84. The highest BCUT2D eigenvalue weighted by atomic mass is 14.8. The second-order valence-electron chi connectivity index (χ2n) is 3.08. The highest BCUT2D eigenvalue weighted by Crippen LogP contribution is 2.07. The largest absolute Gasteiger partial charge is 0.384 e. The maximum atomic E-state index is 5.53. The molecule has 0 unspecified atom stereocenters. The summed E-state index contributed by atoms with van der Waals surface area (Å²) >= 11 is 0. The molecule has 14 heavy (non-hydrogen) atoms. The van der Waals surface area contributed by atoms with Crippen LogP contribution in [0.1, 0.15) is 17.5 Å². The lowest BCUT2D eigenvalue weighted by Crippen LogP contribution is -2.05. The van der Waals surface area contributed by atoms with Gasteiger partial charge in [-0.3, -0.25) is 0 Å². The van der Waals surface area contributed by atoms with Gasteiger partial charge in [0, 0.05) is 24.7 Å². The lowest BCUT2D eigenvalue weighted by atomic mass is 10.1. The van der Waals surface area contributed by atoms with Crippen LogP contribution in [0.15, 0.2) is 12.3 Å². The van der Waals surface area contributed by atoms with Crippen LogP contribution in [0.25, 0.3) is 0 Å². The average Bonchev–Trinajstić information content (AvgIpc) is 2.15. The quantitative estimate of drug-likeness (QED) is 0.537. The smallest absolute Gasteiger partial charge is 0.123 e. The van der Waals surface area contributed by atoms with Crippen molar-refractivity contribution in [2.75, 3.05) is 19.3 Å². The van der Waals surface area contributed by atoms with Crippen molar-refractivity contribution >= 4 is 5.82 Å². The molecule has 0 fully saturated rings. The van der Waals surface area contributed by atoms with Crippen LogP contribution in [0, 0.1) is 18.8 Å². The summed E-state index contributed by atoms with van der Waals surface area (Å²) in [5.74, 6) is 6.68. The summed E-state index contributed by atoms with van der Waals surface area (Å²) in [6.07, 6.45) is 2.57. The second-order valence-corrected chi connectivity index (χ2v) is 3.08. The maximum absolute atomic E-state index is 5.53. The summed E-state index contributed by atoms with van der Waals surface area (Å²) in [7, 11) is 1.91. The van der Waals surface area contributed by atoms with Crippen LogP contribution < -0.4 is 11.1 Å². The van der Waals surface area contributed by atoms with Crippen molar-refractivity contribution in [3.05, 3.63) is 23.4 Å². The molecule has 0 aliphatic carbocycles. The fourth-order valence-corrected chi connectivity index (χ4v) is 1.05. The predicted molar refractivity (Wildman–Crippen MR) is 58.8 cm³/mol. The Balaban J connectivity index is 2.70. The number of aromatic nitrogens is 1. The van der Waals surface area contributed by atoms with Crippen molar-refractivity contribution in [1.82, 2.24) is 10.3 Å². The number of anilines is 1. The monoisotopic (exact) mass is 189 g/mol. The van der Waals surface area contributed by atoms with Gasteiger partial charge in [-0.1, -0.05) is 11.8 Å². The number of pyridine rings is 1. The predicted octanol–water partition coefficient (Wildman–Crippen LogP) is 0.933. The van der Waals surface area contributed by atoms with Crippen LogP contribution in [0.3, 0.4) is 0 Å². The Kier molecular flexibility index (Phi) is 3.96. The minimum atomic E-state index is 0.545. The van der Waals surface area contributed by atoms with E-state index in [1.165, 1.54) is 0 Å². The first-order chi connectivity index (χ1) is 6.74. The number of hydrogen-bond acceptors (Lipinski definition) is 3. The van der Waals surface area contributed by atoms with Crippen molar-refractivity contribution < 1.29 is 0 Å². The van der Waals surface area contributed by atoms with E-state index in [1.807, 2.05) is 20.0 Å². The summed E-state index contributed by atoms with van der Waals surface area (Å²) < 4.78 is 0. The fourth-order valence-electron chi connectivity index (χ4n) is 1.05. The van der Waals surface area contributed by atoms with E-state index in [4.69, 9.17) is 5.73 Å². The highest BCUT2D eigenvalue weighted by molar-refractivity contribution is 5.44. The van der Waals surface area contributed by atoms with Crippen LogP contribution in [-0.4, -0.2) is 18.6 Å². The number of nitrogen functional groups attached to an aromatic ring is 1. The molecule has 0 aromatic carbocycles. The van der Waals surface area contributed by atoms with Gasteiger partial charge in [0.1, 0.15) is 5.82 Å². The topological polar surface area (TPSA) is 50.9 Å². The fraction of sp³-hybridized carbons (Fsp3) is 0.364. The highest BCUT2D eigenvalue weighted by Gasteiger charge is 1.94. The SMILES string of the molecule is CNCCC#Cc1cnc(N)cc1C. The van der Waals surface area contributed by atoms with Crippen LogP contribution >= 0.6 is 0 Å². The van der Waals surface area contributed by atoms with Crippen molar-refractivity contribution in [1.29, 1.82) is 0 Å². The van der Waals surface area contributed by atoms with Gasteiger partial charge in [0.05, 0.1) is 0 Å². The normalized spacial score (nSPS) is 9.29. The third-order valence-electron chi connectivity index (χ3n) is 1.86. The molecule has 0 saturated heterocycles. The van der Waals surface area contributed by atoms with E-state index >= 15 is 0 Å². The van der Waals surface area contributed by atoms with Crippen molar-refractivity contribution in [3.8, 4) is 11.8 Å². The van der Waals surface area contributed by atoms with Crippen molar-refractivity contribution in [2.45, 2.75) is 13.3 Å². The summed E-state index contributed by atoms with van der Waals surface area (Å²) in [6.45, 7) is 2.90. The number of nitrogens with two attached hydrogens (primary N) is 1. The third kappa shape index (κ3) is 3.08. The molecule has 1 aromatic heterocycles. The zero-order chi connectivity index (χ0) is 10.4. The van der Waals surface area contributed by atoms with Gasteiger partial charge in [0.2, 0.25) is 0 Å². The molecule has 0 atom stereocenters. The van der Waals surface area contributed by atoms with Gasteiger partial charge in [-0.25, -0.2) is 4.98 Å². The molecule has 0 aliphatic rings. The first-order valence-corrected chi connectivity index (χ1v) is 4.59. The van der Waals surface area contributed by atoms with E-state index in [1.54, 1.807) is 6.20 Å². The molecule has 0 aliphatic heterocycles. The Morgan fingerprint density at radius 2 is 2.36 bits per heavy atom. The van der Waals surface area contributed by atoms with Crippen LogP contribution in [-0.2, 0) is 0 Å². The Morgan fingerprint density at radius 1 is 1.57 bits per heavy atom. The van der Waals surface area contributed by atoms with E-state index in [-0.39, 0.29) is 0 Å². The Morgan fingerprint density at radius 3 is 3.00 bits per heavy atom. The molecule has 0 radical (unpaired) electrons. The lowest BCUT2D eigenvalue weighted by molar-refractivity contribution is 0.818. The summed E-state index contributed by atoms with van der Waals surface area (Å²) in [5, 5.41) is 3.04. The minimum absolute atomic E-state index is 0.545. The van der Waals surface area contributed by atoms with Gasteiger partial charge < -0.3 is 11.1 Å². The Hall–Kier alpha value is -1.53. The molecule has 0 spiro atoms. The van der Waals surface area contributed by atoms with Crippen molar-refractivity contribution in [3.63, 3.8) is 0 Å². The molecule has 1 aromatic rings. The molecule has 1 heterocycles. The number of nitrogens with one attached hydrogen (secondary N) is 1. The van der Waals surface area contributed by atoms with Gasteiger partial charge in [0.15, 0.2) is 0 Å². The lowest BCUT2D eigenvalue weighted by Gasteiger charge is -1.97. The van der Waals surface area contributed by atoms with Crippen LogP contribution in [0.4, 0.5) is 5.82 Å². The maximum Gasteiger partial charge on any atom is 0.123 e. The van der Waals surface area contributed by atoms with Gasteiger partial charge >= 0.3 is 0 Å². The van der Waals surface area contributed by atoms with Gasteiger partial charge in [0.25, 0.3) is 0 Å². The summed E-state index contributed by atoms with van der Waals surface area (Å²) in [4.78, 5) is 4.00. The zero-order valence-electron chi connectivity index (χ0n) is 8.59. The summed E-state index contributed by atoms with van der Waals surface area (Å²) in [5.41, 5.74) is 7.57. The standard InChI is InChI=1S/C11H15N3/c1-9-7-11(12)14-8-10(9)5-3-4-6-13-2/h7-8,13H,4,6H2,1-2H3,(H2,12,14). The zero-order valence-corrected chi connectivity index (χ0v) is 8.59. The first kappa shape index (κ1) is 10.6. The molecule has 3 heteroatoms. The van der Waals surface area contributed by atoms with E-state index < -0.39 is 0 Å². The Labute approximate surface area is 84.7 Å². The molecular formula is C11H15N3. The third-order valence-corrected chi connectivity index (χ3v) is 1.86.